The number of nitrogens with one attached hydrogen (secondary N) is 1. The molecule has 0 spiro atoms. The molecule has 22 heavy (non-hydrogen) atoms. The van der Waals surface area contributed by atoms with Gasteiger partial charge in [-0.3, -0.25) is 9.69 Å². The van der Waals surface area contributed by atoms with Crippen LogP contribution in [0.25, 0.3) is 0 Å². The minimum absolute atomic E-state index is 0.00636. The van der Waals surface area contributed by atoms with E-state index >= 15 is 0 Å². The third kappa shape index (κ3) is 4.29. The molecule has 2 heterocycles. The van der Waals surface area contributed by atoms with E-state index in [-0.39, 0.29) is 12.5 Å². The van der Waals surface area contributed by atoms with Gasteiger partial charge in [0.2, 0.25) is 5.91 Å². The summed E-state index contributed by atoms with van der Waals surface area (Å²) in [4.78, 5) is 15.3. The van der Waals surface area contributed by atoms with E-state index in [2.05, 4.69) is 12.2 Å². The fourth-order valence-electron chi connectivity index (χ4n) is 3.21. The van der Waals surface area contributed by atoms with Crippen molar-refractivity contribution in [1.29, 1.82) is 0 Å². The summed E-state index contributed by atoms with van der Waals surface area (Å²) in [5.41, 5.74) is -0.485. The maximum absolute atomic E-state index is 12.1. The van der Waals surface area contributed by atoms with Crippen molar-refractivity contribution in [1.82, 2.24) is 10.2 Å². The van der Waals surface area contributed by atoms with Crippen LogP contribution < -0.4 is 5.32 Å². The summed E-state index contributed by atoms with van der Waals surface area (Å²) in [5.74, 6) is -0.00636. The molecule has 1 aromatic heterocycles. The average molecular weight is 326 g/mol. The molecule has 1 fully saturated rings. The number of aliphatic hydroxyl groups is 2. The van der Waals surface area contributed by atoms with Crippen LogP contribution in [0.1, 0.15) is 31.1 Å². The molecule has 0 bridgehead atoms. The molecule has 0 radical (unpaired) electrons. The molecule has 1 aliphatic heterocycles. The number of hydrogen-bond donors (Lipinski definition) is 3. The Labute approximate surface area is 136 Å². The Bertz CT molecular complexity index is 466. The van der Waals surface area contributed by atoms with E-state index in [4.69, 9.17) is 0 Å². The molecule has 1 aliphatic rings. The van der Waals surface area contributed by atoms with Crippen molar-refractivity contribution in [3.05, 3.63) is 22.4 Å². The van der Waals surface area contributed by atoms with Crippen LogP contribution in [0.3, 0.4) is 0 Å². The third-order valence-electron chi connectivity index (χ3n) is 4.43. The number of likely N-dealkylation sites (tertiary alicyclic amines) is 1. The Hall–Kier alpha value is -0.950. The summed E-state index contributed by atoms with van der Waals surface area (Å²) in [6.07, 6.45) is 1.81. The number of piperidine rings is 1. The van der Waals surface area contributed by atoms with Crippen LogP contribution in [-0.4, -0.2) is 53.4 Å². The summed E-state index contributed by atoms with van der Waals surface area (Å²) >= 11 is 1.63. The Kier molecular flexibility index (Phi) is 6.37. The van der Waals surface area contributed by atoms with E-state index in [0.717, 1.165) is 17.7 Å². The van der Waals surface area contributed by atoms with Gasteiger partial charge >= 0.3 is 0 Å². The van der Waals surface area contributed by atoms with Gasteiger partial charge in [0.1, 0.15) is 0 Å². The van der Waals surface area contributed by atoms with Crippen LogP contribution in [0.4, 0.5) is 0 Å². The van der Waals surface area contributed by atoms with Crippen molar-refractivity contribution < 1.29 is 15.0 Å². The fourth-order valence-corrected chi connectivity index (χ4v) is 3.86. The lowest BCUT2D eigenvalue weighted by Crippen LogP contribution is -2.55. The van der Waals surface area contributed by atoms with Gasteiger partial charge in [-0.2, -0.15) is 0 Å². The first-order valence-corrected chi connectivity index (χ1v) is 8.78. The maximum Gasteiger partial charge on any atom is 0.234 e. The minimum Gasteiger partial charge on any atom is -0.396 e. The lowest BCUT2D eigenvalue weighted by Gasteiger charge is -2.45. The number of carbonyl (C=O) groups is 1. The Balaban J connectivity index is 1.85. The summed E-state index contributed by atoms with van der Waals surface area (Å²) < 4.78 is 0. The highest BCUT2D eigenvalue weighted by molar-refractivity contribution is 7.09. The van der Waals surface area contributed by atoms with Crippen LogP contribution >= 0.6 is 11.3 Å². The molecule has 5 nitrogen and oxygen atoms in total. The van der Waals surface area contributed by atoms with E-state index in [1.165, 1.54) is 0 Å². The number of thiophene rings is 1. The van der Waals surface area contributed by atoms with Gasteiger partial charge in [0.05, 0.1) is 25.8 Å². The predicted octanol–water partition coefficient (Wildman–Crippen LogP) is 1.21. The second-order valence-corrected chi connectivity index (χ2v) is 7.17. The molecule has 1 aromatic rings. The Morgan fingerprint density at radius 1 is 1.59 bits per heavy atom. The first kappa shape index (κ1) is 17.4. The zero-order valence-corrected chi connectivity index (χ0v) is 13.9. The highest BCUT2D eigenvalue weighted by Crippen LogP contribution is 2.34. The number of aliphatic hydroxyl groups excluding tert-OH is 2. The predicted molar refractivity (Wildman–Crippen MR) is 87.7 cm³/mol. The normalized spacial score (nSPS) is 26.0. The highest BCUT2D eigenvalue weighted by atomic mass is 32.1. The van der Waals surface area contributed by atoms with Crippen molar-refractivity contribution in [3.8, 4) is 0 Å². The average Bonchev–Trinajstić information content (AvgIpc) is 3.02. The Morgan fingerprint density at radius 3 is 3.05 bits per heavy atom. The Morgan fingerprint density at radius 2 is 2.41 bits per heavy atom. The molecule has 124 valence electrons. The molecular formula is C16H26N2O3S. The van der Waals surface area contributed by atoms with Crippen LogP contribution in [0.2, 0.25) is 0 Å². The van der Waals surface area contributed by atoms with Gasteiger partial charge in [0.25, 0.3) is 0 Å². The summed E-state index contributed by atoms with van der Waals surface area (Å²) in [5, 5.41) is 24.9. The molecular weight excluding hydrogens is 300 g/mol. The zero-order chi connectivity index (χ0) is 16.0. The van der Waals surface area contributed by atoms with Crippen LogP contribution in [0.5, 0.6) is 0 Å². The van der Waals surface area contributed by atoms with E-state index in [1.54, 1.807) is 11.3 Å². The molecule has 3 N–H and O–H groups in total. The minimum atomic E-state index is -0.485. The monoisotopic (exact) mass is 326 g/mol. The van der Waals surface area contributed by atoms with Crippen LogP contribution in [-0.2, 0) is 11.3 Å². The maximum atomic E-state index is 12.1. The van der Waals surface area contributed by atoms with Crippen LogP contribution in [0, 0.1) is 5.41 Å². The van der Waals surface area contributed by atoms with E-state index in [1.807, 2.05) is 22.4 Å². The molecule has 2 atom stereocenters. The second kappa shape index (κ2) is 8.06. The molecule has 2 rings (SSSR count). The van der Waals surface area contributed by atoms with Crippen molar-refractivity contribution >= 4 is 17.2 Å². The molecule has 0 saturated carbocycles. The lowest BCUT2D eigenvalue weighted by atomic mass is 9.74. The molecule has 0 unspecified atom stereocenters. The van der Waals surface area contributed by atoms with Gasteiger partial charge in [-0.05, 0) is 24.3 Å². The van der Waals surface area contributed by atoms with Gasteiger partial charge in [-0.15, -0.1) is 11.3 Å². The molecule has 1 amide bonds. The summed E-state index contributed by atoms with van der Waals surface area (Å²) in [7, 11) is 0. The van der Waals surface area contributed by atoms with Crippen molar-refractivity contribution in [2.24, 2.45) is 5.41 Å². The van der Waals surface area contributed by atoms with Gasteiger partial charge in [-0.25, -0.2) is 0 Å². The number of rotatable bonds is 7. The van der Waals surface area contributed by atoms with Gasteiger partial charge in [0.15, 0.2) is 0 Å². The fraction of sp³-hybridized carbons (Fsp3) is 0.688. The van der Waals surface area contributed by atoms with E-state index in [9.17, 15) is 15.0 Å². The number of carbonyl (C=O) groups excluding carboxylic acids is 1. The molecule has 6 heteroatoms. The van der Waals surface area contributed by atoms with Crippen molar-refractivity contribution in [2.75, 3.05) is 26.2 Å². The molecule has 0 aromatic carbocycles. The zero-order valence-electron chi connectivity index (χ0n) is 13.1. The summed E-state index contributed by atoms with van der Waals surface area (Å²) in [6, 6.07) is 3.97. The van der Waals surface area contributed by atoms with Gasteiger partial charge in [0, 0.05) is 23.4 Å². The topological polar surface area (TPSA) is 72.8 Å². The lowest BCUT2D eigenvalue weighted by molar-refractivity contribution is -0.126. The quantitative estimate of drug-likeness (QED) is 0.704. The number of hydrogen-bond acceptors (Lipinski definition) is 5. The molecule has 0 aliphatic carbocycles. The SMILES string of the molecule is CCC[C@]1(CO)CN(CC(=O)NCc2cccs2)CC[C@@H]1O. The van der Waals surface area contributed by atoms with Crippen molar-refractivity contribution in [2.45, 2.75) is 38.8 Å². The highest BCUT2D eigenvalue weighted by Gasteiger charge is 2.41. The first-order chi connectivity index (χ1) is 10.6. The smallest absolute Gasteiger partial charge is 0.234 e. The third-order valence-corrected chi connectivity index (χ3v) is 5.31. The van der Waals surface area contributed by atoms with Crippen molar-refractivity contribution in [3.63, 3.8) is 0 Å². The van der Waals surface area contributed by atoms with E-state index in [0.29, 0.717) is 32.6 Å². The van der Waals surface area contributed by atoms with E-state index < -0.39 is 11.5 Å². The van der Waals surface area contributed by atoms with Crippen LogP contribution in [0.15, 0.2) is 17.5 Å². The first-order valence-electron chi connectivity index (χ1n) is 7.90. The molecule has 1 saturated heterocycles. The largest absolute Gasteiger partial charge is 0.396 e. The number of nitrogens with zero attached hydrogens (tertiary/aromatic N) is 1. The standard InChI is InChI=1S/C16H26N2O3S/c1-2-6-16(12-19)11-18(7-5-14(16)20)10-15(21)17-9-13-4-3-8-22-13/h3-4,8,14,19-20H,2,5-7,9-12H2,1H3,(H,17,21)/t14-,16+/m0/s1. The second-order valence-electron chi connectivity index (χ2n) is 6.14. The summed E-state index contributed by atoms with van der Waals surface area (Å²) in [6.45, 7) is 4.17. The number of amides is 1. The van der Waals surface area contributed by atoms with Gasteiger partial charge in [-0.1, -0.05) is 19.4 Å². The van der Waals surface area contributed by atoms with Gasteiger partial charge < -0.3 is 15.5 Å².